The molecule has 7 heteroatoms. The third-order valence-electron chi connectivity index (χ3n) is 5.64. The zero-order valence-electron chi connectivity index (χ0n) is 16.7. The predicted octanol–water partition coefficient (Wildman–Crippen LogP) is 4.04. The summed E-state index contributed by atoms with van der Waals surface area (Å²) >= 11 is 0. The minimum Gasteiger partial charge on any atom is -0.315 e. The van der Waals surface area contributed by atoms with Crippen LogP contribution in [0.2, 0.25) is 0 Å². The Hall–Kier alpha value is -2.77. The van der Waals surface area contributed by atoms with Crippen LogP contribution >= 0.6 is 0 Å². The van der Waals surface area contributed by atoms with Crippen molar-refractivity contribution in [2.45, 2.75) is 17.7 Å². The number of hydrogen-bond acceptors (Lipinski definition) is 3. The lowest BCUT2D eigenvalue weighted by atomic mass is 9.98. The Balaban J connectivity index is 1.54. The number of halogens is 1. The molecular formula is C23H23FN2O3S. The van der Waals surface area contributed by atoms with Gasteiger partial charge in [0.15, 0.2) is 0 Å². The molecule has 5 nitrogen and oxygen atoms in total. The van der Waals surface area contributed by atoms with Gasteiger partial charge in [-0.2, -0.15) is 4.31 Å². The third kappa shape index (κ3) is 3.95. The Labute approximate surface area is 175 Å². The fourth-order valence-electron chi connectivity index (χ4n) is 3.91. The lowest BCUT2D eigenvalue weighted by Gasteiger charge is -2.33. The van der Waals surface area contributed by atoms with Crippen LogP contribution in [-0.2, 0) is 14.8 Å². The van der Waals surface area contributed by atoms with E-state index in [9.17, 15) is 17.6 Å². The van der Waals surface area contributed by atoms with Crippen molar-refractivity contribution in [2.75, 3.05) is 25.0 Å². The van der Waals surface area contributed by atoms with Gasteiger partial charge >= 0.3 is 0 Å². The van der Waals surface area contributed by atoms with Crippen molar-refractivity contribution in [3.63, 3.8) is 0 Å². The summed E-state index contributed by atoms with van der Waals surface area (Å²) in [4.78, 5) is 14.7. The second-order valence-electron chi connectivity index (χ2n) is 7.58. The van der Waals surface area contributed by atoms with Crippen molar-refractivity contribution in [1.29, 1.82) is 0 Å². The summed E-state index contributed by atoms with van der Waals surface area (Å²) in [6, 6.07) is 18.4. The van der Waals surface area contributed by atoms with Crippen LogP contribution in [0.25, 0.3) is 10.8 Å². The summed E-state index contributed by atoms with van der Waals surface area (Å²) in [5, 5.41) is 1.84. The van der Waals surface area contributed by atoms with Crippen molar-refractivity contribution in [1.82, 2.24) is 4.31 Å². The molecular weight excluding hydrogens is 403 g/mol. The van der Waals surface area contributed by atoms with E-state index in [1.165, 1.54) is 21.3 Å². The van der Waals surface area contributed by atoms with Crippen molar-refractivity contribution in [2.24, 2.45) is 5.92 Å². The molecule has 1 aliphatic heterocycles. The predicted molar refractivity (Wildman–Crippen MR) is 115 cm³/mol. The first-order valence-corrected chi connectivity index (χ1v) is 11.3. The summed E-state index contributed by atoms with van der Waals surface area (Å²) in [6.07, 6.45) is 1.23. The number of rotatable bonds is 4. The molecule has 1 atom stereocenters. The molecule has 0 bridgehead atoms. The quantitative estimate of drug-likeness (QED) is 0.633. The van der Waals surface area contributed by atoms with Gasteiger partial charge in [-0.3, -0.25) is 4.79 Å². The summed E-state index contributed by atoms with van der Waals surface area (Å²) < 4.78 is 41.0. The average molecular weight is 427 g/mol. The number of carbonyl (C=O) groups is 1. The van der Waals surface area contributed by atoms with Crippen molar-refractivity contribution >= 4 is 32.4 Å². The van der Waals surface area contributed by atoms with Crippen LogP contribution in [-0.4, -0.2) is 38.8 Å². The van der Waals surface area contributed by atoms with E-state index in [1.807, 2.05) is 24.3 Å². The van der Waals surface area contributed by atoms with E-state index in [0.29, 0.717) is 25.1 Å². The lowest BCUT2D eigenvalue weighted by molar-refractivity contribution is -0.123. The molecule has 1 fully saturated rings. The van der Waals surface area contributed by atoms with Crippen molar-refractivity contribution in [3.05, 3.63) is 72.5 Å². The highest BCUT2D eigenvalue weighted by atomic mass is 32.2. The molecule has 0 radical (unpaired) electrons. The number of nitrogens with zero attached hydrogens (tertiary/aromatic N) is 2. The first-order chi connectivity index (χ1) is 14.4. The monoisotopic (exact) mass is 426 g/mol. The molecule has 156 valence electrons. The van der Waals surface area contributed by atoms with Crippen molar-refractivity contribution < 1.29 is 17.6 Å². The van der Waals surface area contributed by atoms with Crippen LogP contribution in [0.1, 0.15) is 12.8 Å². The number of sulfonamides is 1. The summed E-state index contributed by atoms with van der Waals surface area (Å²) in [6.45, 7) is 0.527. The summed E-state index contributed by atoms with van der Waals surface area (Å²) in [7, 11) is -2.07. The number of benzene rings is 3. The summed E-state index contributed by atoms with van der Waals surface area (Å²) in [5.74, 6) is -0.978. The number of fused-ring (bicyclic) bond motifs is 1. The molecule has 1 saturated heterocycles. The second kappa shape index (κ2) is 8.16. The first kappa shape index (κ1) is 20.5. The molecule has 0 saturated carbocycles. The molecule has 1 aliphatic rings. The largest absolute Gasteiger partial charge is 0.315 e. The third-order valence-corrected chi connectivity index (χ3v) is 7.50. The van der Waals surface area contributed by atoms with Gasteiger partial charge in [0.25, 0.3) is 0 Å². The number of hydrogen-bond donors (Lipinski definition) is 0. The zero-order chi connectivity index (χ0) is 21.3. The zero-order valence-corrected chi connectivity index (χ0v) is 17.5. The van der Waals surface area contributed by atoms with Gasteiger partial charge in [-0.25, -0.2) is 12.8 Å². The van der Waals surface area contributed by atoms with Crippen LogP contribution in [0.5, 0.6) is 0 Å². The van der Waals surface area contributed by atoms with Gasteiger partial charge in [0.05, 0.1) is 10.8 Å². The lowest BCUT2D eigenvalue weighted by Crippen LogP contribution is -2.45. The number of piperidine rings is 1. The molecule has 0 spiro atoms. The molecule has 0 N–H and O–H groups in total. The molecule has 1 heterocycles. The number of anilines is 1. The Bertz CT molecular complexity index is 1180. The van der Waals surface area contributed by atoms with Crippen LogP contribution in [0.15, 0.2) is 71.6 Å². The Morgan fingerprint density at radius 3 is 2.47 bits per heavy atom. The van der Waals surface area contributed by atoms with Gasteiger partial charge in [-0.1, -0.05) is 30.3 Å². The van der Waals surface area contributed by atoms with E-state index in [4.69, 9.17) is 0 Å². The van der Waals surface area contributed by atoms with Gasteiger partial charge in [-0.15, -0.1) is 0 Å². The topological polar surface area (TPSA) is 57.7 Å². The standard InChI is InChI=1S/C23H23FN2O3S/c1-25(21-11-9-20(24)10-12-21)23(27)19-7-4-14-26(16-19)30(28,29)22-13-8-17-5-2-3-6-18(17)15-22/h2-3,5-6,8-13,15,19H,4,7,14,16H2,1H3/t19-/m0/s1. The summed E-state index contributed by atoms with van der Waals surface area (Å²) in [5.41, 5.74) is 0.580. The van der Waals surface area contributed by atoms with Gasteiger partial charge in [0, 0.05) is 25.8 Å². The highest BCUT2D eigenvalue weighted by Gasteiger charge is 2.34. The molecule has 3 aromatic rings. The molecule has 30 heavy (non-hydrogen) atoms. The fraction of sp³-hybridized carbons (Fsp3) is 0.261. The number of carbonyl (C=O) groups excluding carboxylic acids is 1. The van der Waals surface area contributed by atoms with Crippen LogP contribution in [0.4, 0.5) is 10.1 Å². The van der Waals surface area contributed by atoms with E-state index in [0.717, 1.165) is 10.8 Å². The maximum Gasteiger partial charge on any atom is 0.243 e. The molecule has 0 aliphatic carbocycles. The van der Waals surface area contributed by atoms with E-state index < -0.39 is 15.9 Å². The Morgan fingerprint density at radius 2 is 1.73 bits per heavy atom. The smallest absolute Gasteiger partial charge is 0.243 e. The molecule has 3 aromatic carbocycles. The second-order valence-corrected chi connectivity index (χ2v) is 9.52. The van der Waals surface area contributed by atoms with Crippen LogP contribution < -0.4 is 4.90 Å². The minimum atomic E-state index is -3.70. The van der Waals surface area contributed by atoms with Gasteiger partial charge < -0.3 is 4.90 Å². The van der Waals surface area contributed by atoms with E-state index in [2.05, 4.69) is 0 Å². The maximum atomic E-state index is 13.2. The minimum absolute atomic E-state index is 0.138. The molecule has 4 rings (SSSR count). The normalized spacial score (nSPS) is 17.7. The molecule has 0 aromatic heterocycles. The average Bonchev–Trinajstić information content (AvgIpc) is 2.78. The highest BCUT2D eigenvalue weighted by molar-refractivity contribution is 7.89. The molecule has 1 amide bonds. The van der Waals surface area contributed by atoms with E-state index in [-0.39, 0.29) is 23.2 Å². The Kier molecular flexibility index (Phi) is 5.58. The first-order valence-electron chi connectivity index (χ1n) is 9.88. The van der Waals surface area contributed by atoms with Crippen molar-refractivity contribution in [3.8, 4) is 0 Å². The van der Waals surface area contributed by atoms with Crippen LogP contribution in [0.3, 0.4) is 0 Å². The van der Waals surface area contributed by atoms with E-state index in [1.54, 1.807) is 37.4 Å². The fourth-order valence-corrected chi connectivity index (χ4v) is 5.46. The Morgan fingerprint density at radius 1 is 1.03 bits per heavy atom. The SMILES string of the molecule is CN(C(=O)[C@H]1CCCN(S(=O)(=O)c2ccc3ccccc3c2)C1)c1ccc(F)cc1. The highest BCUT2D eigenvalue weighted by Crippen LogP contribution is 2.28. The van der Waals surface area contributed by atoms with Crippen LogP contribution in [0, 0.1) is 11.7 Å². The van der Waals surface area contributed by atoms with E-state index >= 15 is 0 Å². The molecule has 0 unspecified atom stereocenters. The maximum absolute atomic E-state index is 13.2. The van der Waals surface area contributed by atoms with Gasteiger partial charge in [0.1, 0.15) is 5.82 Å². The van der Waals surface area contributed by atoms with Gasteiger partial charge in [0.2, 0.25) is 15.9 Å². The van der Waals surface area contributed by atoms with Gasteiger partial charge in [-0.05, 0) is 60.0 Å². The number of amides is 1.